The second kappa shape index (κ2) is 9.73. The number of carbonyl (C=O) groups is 2. The average Bonchev–Trinajstić information content (AvgIpc) is 2.88. The molecule has 1 unspecified atom stereocenters. The lowest BCUT2D eigenvalue weighted by Gasteiger charge is -2.26. The monoisotopic (exact) mass is 298 g/mol. The third kappa shape index (κ3) is 8.02. The van der Waals surface area contributed by atoms with Crippen LogP contribution in [-0.4, -0.2) is 55.6 Å². The summed E-state index contributed by atoms with van der Waals surface area (Å²) in [4.78, 5) is 25.6. The van der Waals surface area contributed by atoms with Gasteiger partial charge in [-0.1, -0.05) is 20.8 Å². The molecule has 0 radical (unpaired) electrons. The summed E-state index contributed by atoms with van der Waals surface area (Å²) < 4.78 is 0. The molecular formula is C15H30N4O2. The fraction of sp³-hybridized carbons (Fsp3) is 0.867. The van der Waals surface area contributed by atoms with Gasteiger partial charge in [-0.3, -0.25) is 15.0 Å². The minimum atomic E-state index is -0.398. The molecule has 0 aromatic heterocycles. The number of carbonyl (C=O) groups excluding carboxylic acids is 2. The molecule has 1 heterocycles. The highest BCUT2D eigenvalue weighted by Crippen LogP contribution is 2.08. The van der Waals surface area contributed by atoms with E-state index in [1.165, 1.54) is 6.42 Å². The fourth-order valence-corrected chi connectivity index (χ4v) is 2.60. The lowest BCUT2D eigenvalue weighted by Crippen LogP contribution is -2.47. The van der Waals surface area contributed by atoms with E-state index in [2.05, 4.69) is 34.7 Å². The molecule has 1 aliphatic heterocycles. The van der Waals surface area contributed by atoms with E-state index < -0.39 is 6.03 Å². The number of rotatable bonds is 8. The first kappa shape index (κ1) is 17.9. The fourth-order valence-electron chi connectivity index (χ4n) is 2.60. The maximum atomic E-state index is 11.9. The minimum Gasteiger partial charge on any atom is -0.338 e. The van der Waals surface area contributed by atoms with Crippen molar-refractivity contribution in [3.63, 3.8) is 0 Å². The maximum Gasteiger partial charge on any atom is 0.321 e. The number of nitrogens with one attached hydrogen (secondary N) is 3. The van der Waals surface area contributed by atoms with E-state index in [0.717, 1.165) is 32.5 Å². The average molecular weight is 298 g/mol. The van der Waals surface area contributed by atoms with E-state index >= 15 is 0 Å². The summed E-state index contributed by atoms with van der Waals surface area (Å²) in [7, 11) is 0. The topological polar surface area (TPSA) is 73.5 Å². The second-order valence-electron chi connectivity index (χ2n) is 6.19. The van der Waals surface area contributed by atoms with Crippen LogP contribution in [-0.2, 0) is 4.79 Å². The number of urea groups is 1. The molecule has 0 bridgehead atoms. The minimum absolute atomic E-state index is 0.234. The zero-order chi connectivity index (χ0) is 15.7. The molecule has 0 saturated carbocycles. The molecule has 1 atom stereocenters. The van der Waals surface area contributed by atoms with Gasteiger partial charge in [-0.05, 0) is 31.7 Å². The first-order valence-electron chi connectivity index (χ1n) is 8.04. The Bertz CT molecular complexity index is 328. The van der Waals surface area contributed by atoms with Gasteiger partial charge in [0.05, 0.1) is 6.54 Å². The first-order chi connectivity index (χ1) is 10.0. The maximum absolute atomic E-state index is 11.9. The quantitative estimate of drug-likeness (QED) is 0.623. The van der Waals surface area contributed by atoms with Gasteiger partial charge in [0.15, 0.2) is 0 Å². The van der Waals surface area contributed by atoms with Gasteiger partial charge in [0.25, 0.3) is 0 Å². The lowest BCUT2D eigenvalue weighted by atomic mass is 10.1. The van der Waals surface area contributed by atoms with Crippen molar-refractivity contribution in [1.82, 2.24) is 20.9 Å². The molecule has 6 nitrogen and oxygen atoms in total. The Morgan fingerprint density at radius 3 is 2.71 bits per heavy atom. The molecule has 1 saturated heterocycles. The van der Waals surface area contributed by atoms with Crippen LogP contribution >= 0.6 is 0 Å². The largest absolute Gasteiger partial charge is 0.338 e. The van der Waals surface area contributed by atoms with Crippen molar-refractivity contribution in [3.05, 3.63) is 0 Å². The number of nitrogens with zero attached hydrogens (tertiary/aromatic N) is 1. The van der Waals surface area contributed by atoms with Crippen molar-refractivity contribution in [3.8, 4) is 0 Å². The Morgan fingerprint density at radius 1 is 1.38 bits per heavy atom. The summed E-state index contributed by atoms with van der Waals surface area (Å²) in [6.07, 6.45) is 3.22. The van der Waals surface area contributed by atoms with Crippen molar-refractivity contribution in [2.75, 3.05) is 32.7 Å². The van der Waals surface area contributed by atoms with Crippen molar-refractivity contribution in [1.29, 1.82) is 0 Å². The first-order valence-corrected chi connectivity index (χ1v) is 8.04. The normalized spacial score (nSPS) is 18.2. The van der Waals surface area contributed by atoms with E-state index in [9.17, 15) is 9.59 Å². The summed E-state index contributed by atoms with van der Waals surface area (Å²) in [6, 6.07) is 0.0656. The van der Waals surface area contributed by atoms with Crippen LogP contribution in [0.25, 0.3) is 0 Å². The van der Waals surface area contributed by atoms with E-state index in [1.807, 2.05) is 6.92 Å². The zero-order valence-corrected chi connectivity index (χ0v) is 13.6. The third-order valence-corrected chi connectivity index (χ3v) is 3.42. The summed E-state index contributed by atoms with van der Waals surface area (Å²) in [6.45, 7) is 9.90. The van der Waals surface area contributed by atoms with Crippen LogP contribution < -0.4 is 16.0 Å². The van der Waals surface area contributed by atoms with E-state index in [-0.39, 0.29) is 12.5 Å². The SMILES string of the molecule is CCCNC(=O)NC(=O)CN(CC(C)C)CC1CCCN1. The smallest absolute Gasteiger partial charge is 0.321 e. The summed E-state index contributed by atoms with van der Waals surface area (Å²) in [5.74, 6) is 0.260. The van der Waals surface area contributed by atoms with E-state index in [4.69, 9.17) is 0 Å². The van der Waals surface area contributed by atoms with Crippen molar-refractivity contribution < 1.29 is 9.59 Å². The number of hydrogen-bond donors (Lipinski definition) is 3. The molecule has 122 valence electrons. The predicted molar refractivity (Wildman–Crippen MR) is 84.1 cm³/mol. The predicted octanol–water partition coefficient (Wildman–Crippen LogP) is 0.932. The highest BCUT2D eigenvalue weighted by molar-refractivity contribution is 5.95. The number of imide groups is 1. The second-order valence-corrected chi connectivity index (χ2v) is 6.19. The standard InChI is InChI=1S/C15H30N4O2/c1-4-7-17-15(21)18-14(20)11-19(9-12(2)3)10-13-6-5-8-16-13/h12-13,16H,4-11H2,1-3H3,(H2,17,18,20,21). The summed E-state index contributed by atoms with van der Waals surface area (Å²) in [5.41, 5.74) is 0. The van der Waals surface area contributed by atoms with Crippen LogP contribution in [0.3, 0.4) is 0 Å². The zero-order valence-electron chi connectivity index (χ0n) is 13.6. The molecular weight excluding hydrogens is 268 g/mol. The van der Waals surface area contributed by atoms with Crippen molar-refractivity contribution in [2.24, 2.45) is 5.92 Å². The Hall–Kier alpha value is -1.14. The lowest BCUT2D eigenvalue weighted by molar-refractivity contribution is -0.121. The van der Waals surface area contributed by atoms with Gasteiger partial charge in [0, 0.05) is 25.7 Å². The van der Waals surface area contributed by atoms with Gasteiger partial charge in [-0.25, -0.2) is 4.79 Å². The molecule has 1 aliphatic rings. The summed E-state index contributed by atoms with van der Waals surface area (Å²) >= 11 is 0. The van der Waals surface area contributed by atoms with Gasteiger partial charge < -0.3 is 10.6 Å². The highest BCUT2D eigenvalue weighted by atomic mass is 16.2. The molecule has 0 spiro atoms. The van der Waals surface area contributed by atoms with Gasteiger partial charge in [-0.2, -0.15) is 0 Å². The van der Waals surface area contributed by atoms with Crippen LogP contribution in [0.2, 0.25) is 0 Å². The molecule has 1 fully saturated rings. The Morgan fingerprint density at radius 2 is 2.14 bits per heavy atom. The van der Waals surface area contributed by atoms with Crippen LogP contribution in [0.4, 0.5) is 4.79 Å². The van der Waals surface area contributed by atoms with Gasteiger partial charge >= 0.3 is 6.03 Å². The number of hydrogen-bond acceptors (Lipinski definition) is 4. The Labute approximate surface area is 128 Å². The van der Waals surface area contributed by atoms with Crippen LogP contribution in [0.1, 0.15) is 40.0 Å². The molecule has 6 heteroatoms. The molecule has 3 amide bonds. The van der Waals surface area contributed by atoms with Crippen LogP contribution in [0, 0.1) is 5.92 Å². The van der Waals surface area contributed by atoms with Crippen molar-refractivity contribution in [2.45, 2.75) is 46.1 Å². The van der Waals surface area contributed by atoms with Gasteiger partial charge in [0.1, 0.15) is 0 Å². The molecule has 21 heavy (non-hydrogen) atoms. The van der Waals surface area contributed by atoms with Gasteiger partial charge in [-0.15, -0.1) is 0 Å². The molecule has 0 aliphatic carbocycles. The van der Waals surface area contributed by atoms with Crippen molar-refractivity contribution >= 4 is 11.9 Å². The molecule has 0 aromatic carbocycles. The molecule has 1 rings (SSSR count). The Balaban J connectivity index is 2.39. The number of amides is 3. The third-order valence-electron chi connectivity index (χ3n) is 3.42. The van der Waals surface area contributed by atoms with Crippen LogP contribution in [0.5, 0.6) is 0 Å². The van der Waals surface area contributed by atoms with E-state index in [1.54, 1.807) is 0 Å². The van der Waals surface area contributed by atoms with Gasteiger partial charge in [0.2, 0.25) is 5.91 Å². The van der Waals surface area contributed by atoms with Crippen LogP contribution in [0.15, 0.2) is 0 Å². The highest BCUT2D eigenvalue weighted by Gasteiger charge is 2.20. The summed E-state index contributed by atoms with van der Waals surface area (Å²) in [5, 5.41) is 8.49. The Kier molecular flexibility index (Phi) is 8.30. The molecule has 3 N–H and O–H groups in total. The molecule has 0 aromatic rings. The van der Waals surface area contributed by atoms with E-state index in [0.29, 0.717) is 18.5 Å².